The molecule has 2 aromatic rings. The fourth-order valence-corrected chi connectivity index (χ4v) is 2.88. The lowest BCUT2D eigenvalue weighted by Crippen LogP contribution is -2.31. The van der Waals surface area contributed by atoms with E-state index in [0.29, 0.717) is 17.8 Å². The molecule has 0 saturated heterocycles. The molecule has 0 aliphatic carbocycles. The molecule has 2 aromatic carbocycles. The Kier molecular flexibility index (Phi) is 3.59. The molecule has 4 nitrogen and oxygen atoms in total. The average Bonchev–Trinajstić information content (AvgIpc) is 2.88. The molecule has 1 aliphatic rings. The van der Waals surface area contributed by atoms with E-state index in [1.54, 1.807) is 6.07 Å². The summed E-state index contributed by atoms with van der Waals surface area (Å²) in [4.78, 5) is 12.3. The van der Waals surface area contributed by atoms with Crippen molar-refractivity contribution in [2.75, 3.05) is 11.1 Å². The number of halogens is 1. The summed E-state index contributed by atoms with van der Waals surface area (Å²) in [6, 6.07) is 11.3. The van der Waals surface area contributed by atoms with Crippen molar-refractivity contribution in [3.63, 3.8) is 0 Å². The van der Waals surface area contributed by atoms with Gasteiger partial charge in [-0.3, -0.25) is 4.79 Å². The molecule has 0 bridgehead atoms. The molecule has 108 valence electrons. The van der Waals surface area contributed by atoms with Gasteiger partial charge in [0, 0.05) is 16.6 Å². The van der Waals surface area contributed by atoms with Gasteiger partial charge >= 0.3 is 0 Å². The van der Waals surface area contributed by atoms with Crippen LogP contribution in [0.3, 0.4) is 0 Å². The summed E-state index contributed by atoms with van der Waals surface area (Å²) in [6.07, 6.45) is 0.0814. The molecule has 0 radical (unpaired) electrons. The van der Waals surface area contributed by atoms with Crippen LogP contribution in [0, 0.1) is 6.92 Å². The van der Waals surface area contributed by atoms with E-state index < -0.39 is 6.10 Å². The Morgan fingerprint density at radius 1 is 1.38 bits per heavy atom. The number of ether oxygens (including phenoxy) is 1. The highest BCUT2D eigenvalue weighted by Crippen LogP contribution is 2.31. The summed E-state index contributed by atoms with van der Waals surface area (Å²) in [5, 5.41) is 2.86. The second-order valence-electron chi connectivity index (χ2n) is 5.10. The van der Waals surface area contributed by atoms with Crippen LogP contribution >= 0.6 is 15.9 Å². The molecule has 1 atom stereocenters. The van der Waals surface area contributed by atoms with E-state index >= 15 is 0 Å². The molecule has 0 spiro atoms. The van der Waals surface area contributed by atoms with Crippen LogP contribution in [0.15, 0.2) is 40.9 Å². The van der Waals surface area contributed by atoms with Crippen molar-refractivity contribution >= 4 is 33.2 Å². The molecule has 1 heterocycles. The van der Waals surface area contributed by atoms with Crippen LogP contribution < -0.4 is 15.8 Å². The number of hydrogen-bond acceptors (Lipinski definition) is 3. The van der Waals surface area contributed by atoms with Crippen LogP contribution in [0.2, 0.25) is 0 Å². The maximum Gasteiger partial charge on any atom is 0.265 e. The summed E-state index contributed by atoms with van der Waals surface area (Å²) in [6.45, 7) is 1.92. The lowest BCUT2D eigenvalue weighted by atomic mass is 10.1. The van der Waals surface area contributed by atoms with Gasteiger partial charge in [0.2, 0.25) is 0 Å². The lowest BCUT2D eigenvalue weighted by Gasteiger charge is -2.14. The minimum absolute atomic E-state index is 0.171. The Bertz CT molecular complexity index is 690. The first-order valence-corrected chi connectivity index (χ1v) is 7.45. The Balaban J connectivity index is 1.75. The predicted molar refractivity (Wildman–Crippen MR) is 86.5 cm³/mol. The largest absolute Gasteiger partial charge is 0.480 e. The topological polar surface area (TPSA) is 64.3 Å². The van der Waals surface area contributed by atoms with Gasteiger partial charge < -0.3 is 15.8 Å². The smallest absolute Gasteiger partial charge is 0.265 e. The first-order chi connectivity index (χ1) is 10.0. The molecule has 1 unspecified atom stereocenters. The van der Waals surface area contributed by atoms with Gasteiger partial charge in [-0.1, -0.05) is 18.2 Å². The van der Waals surface area contributed by atoms with Crippen molar-refractivity contribution in [2.24, 2.45) is 0 Å². The van der Waals surface area contributed by atoms with E-state index in [9.17, 15) is 4.79 Å². The number of fused-ring (bicyclic) bond motifs is 1. The third-order valence-corrected chi connectivity index (χ3v) is 4.21. The second-order valence-corrected chi connectivity index (χ2v) is 5.95. The van der Waals surface area contributed by atoms with Crippen LogP contribution in [0.1, 0.15) is 11.1 Å². The van der Waals surface area contributed by atoms with Gasteiger partial charge in [0.1, 0.15) is 5.75 Å². The number of hydrogen-bond donors (Lipinski definition) is 2. The van der Waals surface area contributed by atoms with Gasteiger partial charge in [0.05, 0.1) is 5.69 Å². The molecule has 3 N–H and O–H groups in total. The van der Waals surface area contributed by atoms with Crippen LogP contribution in [-0.4, -0.2) is 12.0 Å². The molecule has 1 amide bonds. The Morgan fingerprint density at radius 2 is 2.14 bits per heavy atom. The number of aryl methyl sites for hydroxylation is 1. The van der Waals surface area contributed by atoms with Crippen LogP contribution in [0.4, 0.5) is 11.4 Å². The van der Waals surface area contributed by atoms with Crippen molar-refractivity contribution in [2.45, 2.75) is 19.4 Å². The maximum atomic E-state index is 12.3. The monoisotopic (exact) mass is 346 g/mol. The minimum atomic E-state index is -0.503. The highest BCUT2D eigenvalue weighted by Gasteiger charge is 2.29. The van der Waals surface area contributed by atoms with Crippen LogP contribution in [-0.2, 0) is 11.2 Å². The number of anilines is 2. The highest BCUT2D eigenvalue weighted by atomic mass is 79.9. The lowest BCUT2D eigenvalue weighted by molar-refractivity contribution is -0.122. The first kappa shape index (κ1) is 13.9. The SMILES string of the molecule is Cc1cc(Br)c(NC(=O)C2Cc3ccccc3O2)cc1N. The van der Waals surface area contributed by atoms with E-state index in [4.69, 9.17) is 10.5 Å². The quantitative estimate of drug-likeness (QED) is 0.820. The highest BCUT2D eigenvalue weighted by molar-refractivity contribution is 9.10. The normalized spacial score (nSPS) is 16.2. The molecule has 21 heavy (non-hydrogen) atoms. The fourth-order valence-electron chi connectivity index (χ4n) is 2.33. The van der Waals surface area contributed by atoms with Crippen LogP contribution in [0.5, 0.6) is 5.75 Å². The molecule has 0 aromatic heterocycles. The Morgan fingerprint density at radius 3 is 2.90 bits per heavy atom. The third kappa shape index (κ3) is 2.74. The maximum absolute atomic E-state index is 12.3. The molecule has 5 heteroatoms. The summed E-state index contributed by atoms with van der Waals surface area (Å²) < 4.78 is 6.48. The number of rotatable bonds is 2. The van der Waals surface area contributed by atoms with Gasteiger partial charge in [0.15, 0.2) is 6.10 Å². The molecule has 1 aliphatic heterocycles. The van der Waals surface area contributed by atoms with Gasteiger partial charge in [-0.05, 0) is 52.2 Å². The molecular formula is C16H15BrN2O2. The van der Waals surface area contributed by atoms with E-state index in [1.165, 1.54) is 0 Å². The van der Waals surface area contributed by atoms with Crippen molar-refractivity contribution in [1.29, 1.82) is 0 Å². The summed E-state index contributed by atoms with van der Waals surface area (Å²) in [7, 11) is 0. The summed E-state index contributed by atoms with van der Waals surface area (Å²) in [5.41, 5.74) is 9.20. The van der Waals surface area contributed by atoms with Crippen molar-refractivity contribution in [1.82, 2.24) is 0 Å². The third-order valence-electron chi connectivity index (χ3n) is 3.55. The van der Waals surface area contributed by atoms with E-state index in [-0.39, 0.29) is 5.91 Å². The van der Waals surface area contributed by atoms with E-state index in [0.717, 1.165) is 21.3 Å². The number of carbonyl (C=O) groups excluding carboxylic acids is 1. The number of benzene rings is 2. The van der Waals surface area contributed by atoms with E-state index in [2.05, 4.69) is 21.2 Å². The minimum Gasteiger partial charge on any atom is -0.480 e. The van der Waals surface area contributed by atoms with Crippen molar-refractivity contribution in [3.8, 4) is 5.75 Å². The zero-order valence-corrected chi connectivity index (χ0v) is 13.1. The van der Waals surface area contributed by atoms with Gasteiger partial charge in [-0.25, -0.2) is 0 Å². The number of nitrogens with two attached hydrogens (primary N) is 1. The van der Waals surface area contributed by atoms with Gasteiger partial charge in [-0.2, -0.15) is 0 Å². The number of para-hydroxylation sites is 1. The molecule has 0 fully saturated rings. The number of nitrogen functional groups attached to an aromatic ring is 1. The van der Waals surface area contributed by atoms with Gasteiger partial charge in [0.25, 0.3) is 5.91 Å². The zero-order chi connectivity index (χ0) is 15.0. The first-order valence-electron chi connectivity index (χ1n) is 6.65. The van der Waals surface area contributed by atoms with Gasteiger partial charge in [-0.15, -0.1) is 0 Å². The molecule has 3 rings (SSSR count). The zero-order valence-electron chi connectivity index (χ0n) is 11.5. The molecular weight excluding hydrogens is 332 g/mol. The number of amides is 1. The fraction of sp³-hybridized carbons (Fsp3) is 0.188. The molecule has 0 saturated carbocycles. The average molecular weight is 347 g/mol. The van der Waals surface area contributed by atoms with Crippen molar-refractivity contribution < 1.29 is 9.53 Å². The Labute approximate surface area is 131 Å². The standard InChI is InChI=1S/C16H15BrN2O2/c1-9-6-11(17)13(8-12(9)18)19-16(20)15-7-10-4-2-3-5-14(10)21-15/h2-6,8,15H,7,18H2,1H3,(H,19,20). The summed E-state index contributed by atoms with van der Waals surface area (Å²) >= 11 is 3.44. The Hall–Kier alpha value is -2.01. The predicted octanol–water partition coefficient (Wildman–Crippen LogP) is 3.28. The number of nitrogens with one attached hydrogen (secondary N) is 1. The van der Waals surface area contributed by atoms with Crippen LogP contribution in [0.25, 0.3) is 0 Å². The van der Waals surface area contributed by atoms with E-state index in [1.807, 2.05) is 37.3 Å². The number of carbonyl (C=O) groups is 1. The van der Waals surface area contributed by atoms with Crippen molar-refractivity contribution in [3.05, 3.63) is 52.0 Å². The second kappa shape index (κ2) is 5.41. The summed E-state index contributed by atoms with van der Waals surface area (Å²) in [5.74, 6) is 0.607.